The number of aliphatic carboxylic acids is 1. The van der Waals surface area contributed by atoms with Crippen LogP contribution in [0.3, 0.4) is 0 Å². The number of carbonyl (C=O) groups excluding carboxylic acids is 1. The molecule has 0 fully saturated rings. The molecular formula is C15H22N2O6S. The number of sulfonamides is 1. The third kappa shape index (κ3) is 5.29. The molecule has 0 saturated carbocycles. The minimum Gasteiger partial charge on any atom is -0.481 e. The molecule has 1 aromatic carbocycles. The summed E-state index contributed by atoms with van der Waals surface area (Å²) in [4.78, 5) is 22.8. The maximum Gasteiger partial charge on any atom is 0.307 e. The summed E-state index contributed by atoms with van der Waals surface area (Å²) in [5.74, 6) is -2.33. The van der Waals surface area contributed by atoms with Gasteiger partial charge in [0, 0.05) is 32.8 Å². The molecule has 1 rings (SSSR count). The van der Waals surface area contributed by atoms with Crippen molar-refractivity contribution >= 4 is 21.9 Å². The molecule has 1 aromatic rings. The SMILES string of the molecule is COCCNC(=O)c1cccc(S(=O)(=O)N(C)CC(C)C(=O)O)c1. The Morgan fingerprint density at radius 1 is 1.38 bits per heavy atom. The summed E-state index contributed by atoms with van der Waals surface area (Å²) < 4.78 is 30.8. The molecule has 1 atom stereocenters. The second kappa shape index (κ2) is 8.76. The summed E-state index contributed by atoms with van der Waals surface area (Å²) in [6.45, 7) is 1.91. The van der Waals surface area contributed by atoms with Gasteiger partial charge in [-0.2, -0.15) is 0 Å². The molecule has 0 bridgehead atoms. The van der Waals surface area contributed by atoms with Gasteiger partial charge in [0.25, 0.3) is 5.91 Å². The van der Waals surface area contributed by atoms with Gasteiger partial charge in [-0.05, 0) is 18.2 Å². The average molecular weight is 358 g/mol. The van der Waals surface area contributed by atoms with Gasteiger partial charge in [0.15, 0.2) is 0 Å². The maximum absolute atomic E-state index is 12.5. The Morgan fingerprint density at radius 3 is 2.62 bits per heavy atom. The number of hydrogen-bond donors (Lipinski definition) is 2. The van der Waals surface area contributed by atoms with Crippen molar-refractivity contribution in [3.8, 4) is 0 Å². The Balaban J connectivity index is 2.94. The number of carbonyl (C=O) groups is 2. The standard InChI is InChI=1S/C15H22N2O6S/c1-11(15(19)20)10-17(2)24(21,22)13-6-4-5-12(9-13)14(18)16-7-8-23-3/h4-6,9,11H,7-8,10H2,1-3H3,(H,16,18)(H,19,20). The van der Waals surface area contributed by atoms with E-state index in [0.717, 1.165) is 4.31 Å². The van der Waals surface area contributed by atoms with E-state index in [1.807, 2.05) is 0 Å². The largest absolute Gasteiger partial charge is 0.481 e. The van der Waals surface area contributed by atoms with Crippen molar-refractivity contribution in [3.05, 3.63) is 29.8 Å². The van der Waals surface area contributed by atoms with E-state index >= 15 is 0 Å². The number of benzene rings is 1. The van der Waals surface area contributed by atoms with Crippen LogP contribution in [0.5, 0.6) is 0 Å². The van der Waals surface area contributed by atoms with Crippen molar-refractivity contribution in [2.24, 2.45) is 5.92 Å². The average Bonchev–Trinajstić information content (AvgIpc) is 2.54. The number of methoxy groups -OCH3 is 1. The maximum atomic E-state index is 12.5. The Bertz CT molecular complexity index is 689. The van der Waals surface area contributed by atoms with Crippen molar-refractivity contribution in [1.29, 1.82) is 0 Å². The zero-order valence-electron chi connectivity index (χ0n) is 13.9. The van der Waals surface area contributed by atoms with Gasteiger partial charge in [0.2, 0.25) is 10.0 Å². The van der Waals surface area contributed by atoms with E-state index in [0.29, 0.717) is 13.2 Å². The number of nitrogens with one attached hydrogen (secondary N) is 1. The van der Waals surface area contributed by atoms with Crippen LogP contribution in [0.4, 0.5) is 0 Å². The van der Waals surface area contributed by atoms with Crippen LogP contribution in [0.25, 0.3) is 0 Å². The quantitative estimate of drug-likeness (QED) is 0.618. The molecule has 0 heterocycles. The highest BCUT2D eigenvalue weighted by Crippen LogP contribution is 2.17. The predicted molar refractivity (Wildman–Crippen MR) is 87.3 cm³/mol. The molecule has 0 aliphatic carbocycles. The molecule has 24 heavy (non-hydrogen) atoms. The van der Waals surface area contributed by atoms with Crippen LogP contribution >= 0.6 is 0 Å². The summed E-state index contributed by atoms with van der Waals surface area (Å²) in [6, 6.07) is 5.59. The lowest BCUT2D eigenvalue weighted by Crippen LogP contribution is -2.34. The monoisotopic (exact) mass is 358 g/mol. The number of nitrogens with zero attached hydrogens (tertiary/aromatic N) is 1. The summed E-state index contributed by atoms with van der Waals surface area (Å²) in [5.41, 5.74) is 0.201. The normalized spacial score (nSPS) is 12.8. The van der Waals surface area contributed by atoms with Crippen molar-refractivity contribution in [1.82, 2.24) is 9.62 Å². The number of carboxylic acids is 1. The van der Waals surface area contributed by atoms with Crippen molar-refractivity contribution in [3.63, 3.8) is 0 Å². The third-order valence-electron chi connectivity index (χ3n) is 3.35. The van der Waals surface area contributed by atoms with E-state index in [1.165, 1.54) is 45.3 Å². The van der Waals surface area contributed by atoms with Gasteiger partial charge in [-0.1, -0.05) is 13.0 Å². The summed E-state index contributed by atoms with van der Waals surface area (Å²) in [5, 5.41) is 11.5. The number of ether oxygens (including phenoxy) is 1. The van der Waals surface area contributed by atoms with Crippen LogP contribution in [0, 0.1) is 5.92 Å². The summed E-state index contributed by atoms with van der Waals surface area (Å²) >= 11 is 0. The molecule has 0 aliphatic heterocycles. The molecule has 0 spiro atoms. The Kier molecular flexibility index (Phi) is 7.33. The van der Waals surface area contributed by atoms with Crippen LogP contribution in [-0.4, -0.2) is 63.6 Å². The van der Waals surface area contributed by atoms with E-state index in [2.05, 4.69) is 5.32 Å². The highest BCUT2D eigenvalue weighted by atomic mass is 32.2. The molecule has 0 aromatic heterocycles. The molecule has 0 radical (unpaired) electrons. The van der Waals surface area contributed by atoms with Crippen molar-refractivity contribution in [2.75, 3.05) is 33.9 Å². The van der Waals surface area contributed by atoms with E-state index in [1.54, 1.807) is 0 Å². The first-order valence-electron chi connectivity index (χ1n) is 7.26. The zero-order valence-corrected chi connectivity index (χ0v) is 14.7. The second-order valence-corrected chi connectivity index (χ2v) is 7.35. The van der Waals surface area contributed by atoms with Gasteiger partial charge in [-0.3, -0.25) is 9.59 Å². The van der Waals surface area contributed by atoms with Gasteiger partial charge in [0.1, 0.15) is 0 Å². The highest BCUT2D eigenvalue weighted by Gasteiger charge is 2.25. The molecule has 134 valence electrons. The van der Waals surface area contributed by atoms with E-state index in [9.17, 15) is 18.0 Å². The first kappa shape index (κ1) is 20.1. The third-order valence-corrected chi connectivity index (χ3v) is 5.17. The summed E-state index contributed by atoms with van der Waals surface area (Å²) in [6.07, 6.45) is 0. The molecule has 0 aliphatic rings. The molecule has 8 nitrogen and oxygen atoms in total. The number of hydrogen-bond acceptors (Lipinski definition) is 5. The second-order valence-electron chi connectivity index (χ2n) is 5.30. The van der Waals surface area contributed by atoms with Crippen LogP contribution in [-0.2, 0) is 19.6 Å². The van der Waals surface area contributed by atoms with Crippen LogP contribution in [0.1, 0.15) is 17.3 Å². The topological polar surface area (TPSA) is 113 Å². The van der Waals surface area contributed by atoms with E-state index in [4.69, 9.17) is 9.84 Å². The minimum absolute atomic E-state index is 0.0676. The Hall–Kier alpha value is -1.97. The van der Waals surface area contributed by atoms with Crippen LogP contribution < -0.4 is 5.32 Å². The fraction of sp³-hybridized carbons (Fsp3) is 0.467. The van der Waals surface area contributed by atoms with Crippen molar-refractivity contribution < 1.29 is 27.9 Å². The molecule has 0 saturated heterocycles. The van der Waals surface area contributed by atoms with E-state index in [-0.39, 0.29) is 17.0 Å². The smallest absolute Gasteiger partial charge is 0.307 e. The molecule has 1 unspecified atom stereocenters. The van der Waals surface area contributed by atoms with Gasteiger partial charge < -0.3 is 15.2 Å². The lowest BCUT2D eigenvalue weighted by atomic mass is 10.2. The first-order valence-corrected chi connectivity index (χ1v) is 8.70. The van der Waals surface area contributed by atoms with Crippen LogP contribution in [0.2, 0.25) is 0 Å². The van der Waals surface area contributed by atoms with E-state index < -0.39 is 27.8 Å². The Morgan fingerprint density at radius 2 is 2.04 bits per heavy atom. The number of carboxylic acid groups (broad SMARTS) is 1. The molecule has 9 heteroatoms. The molecule has 1 amide bonds. The van der Waals surface area contributed by atoms with Crippen molar-refractivity contribution in [2.45, 2.75) is 11.8 Å². The van der Waals surface area contributed by atoms with Gasteiger partial charge >= 0.3 is 5.97 Å². The highest BCUT2D eigenvalue weighted by molar-refractivity contribution is 7.89. The molecular weight excluding hydrogens is 336 g/mol. The van der Waals surface area contributed by atoms with Gasteiger partial charge in [0.05, 0.1) is 17.4 Å². The van der Waals surface area contributed by atoms with Gasteiger partial charge in [-0.25, -0.2) is 12.7 Å². The van der Waals surface area contributed by atoms with Gasteiger partial charge in [-0.15, -0.1) is 0 Å². The number of rotatable bonds is 9. The fourth-order valence-corrected chi connectivity index (χ4v) is 3.21. The fourth-order valence-electron chi connectivity index (χ4n) is 1.91. The number of amides is 1. The lowest BCUT2D eigenvalue weighted by Gasteiger charge is -2.19. The van der Waals surface area contributed by atoms with Crippen LogP contribution in [0.15, 0.2) is 29.2 Å². The summed E-state index contributed by atoms with van der Waals surface area (Å²) in [7, 11) is -1.07. The Labute approximate surface area is 141 Å². The predicted octanol–water partition coefficient (Wildman–Crippen LogP) is 0.404. The molecule has 2 N–H and O–H groups in total. The first-order chi connectivity index (χ1) is 11.2. The lowest BCUT2D eigenvalue weighted by molar-refractivity contribution is -0.141. The zero-order chi connectivity index (χ0) is 18.3. The minimum atomic E-state index is -3.88.